The zero-order valence-electron chi connectivity index (χ0n) is 14.6. The van der Waals surface area contributed by atoms with E-state index in [0.29, 0.717) is 16.7 Å². The molecule has 0 saturated heterocycles. The van der Waals surface area contributed by atoms with Crippen molar-refractivity contribution in [2.45, 2.75) is 45.1 Å². The van der Waals surface area contributed by atoms with Crippen LogP contribution in [-0.2, 0) is 17.6 Å². The molecule has 4 rings (SSSR count). The topological polar surface area (TPSA) is 65.2 Å². The predicted octanol–water partition coefficient (Wildman–Crippen LogP) is 4.99. The third-order valence-corrected chi connectivity index (χ3v) is 5.76. The highest BCUT2D eigenvalue weighted by molar-refractivity contribution is 7.14. The van der Waals surface area contributed by atoms with E-state index >= 15 is 0 Å². The van der Waals surface area contributed by atoms with Crippen molar-refractivity contribution in [2.75, 3.05) is 0 Å². The minimum absolute atomic E-state index is 0.301. The summed E-state index contributed by atoms with van der Waals surface area (Å²) in [4.78, 5) is 14.5. The lowest BCUT2D eigenvalue weighted by molar-refractivity contribution is 0.0285. The fourth-order valence-corrected chi connectivity index (χ4v) is 4.27. The highest BCUT2D eigenvalue weighted by atomic mass is 32.1. The predicted molar refractivity (Wildman–Crippen MR) is 99.1 cm³/mol. The highest BCUT2D eigenvalue weighted by Crippen LogP contribution is 2.30. The molecular weight excluding hydrogens is 348 g/mol. The van der Waals surface area contributed by atoms with E-state index in [9.17, 15) is 4.79 Å². The number of thiophene rings is 1. The number of esters is 1. The van der Waals surface area contributed by atoms with Crippen molar-refractivity contribution >= 4 is 17.3 Å². The van der Waals surface area contributed by atoms with Crippen molar-refractivity contribution in [2.24, 2.45) is 0 Å². The summed E-state index contributed by atoms with van der Waals surface area (Å²) in [6.45, 7) is 1.75. The second-order valence-corrected chi connectivity index (χ2v) is 7.62. The van der Waals surface area contributed by atoms with E-state index < -0.39 is 6.10 Å². The molecule has 134 valence electrons. The summed E-state index contributed by atoms with van der Waals surface area (Å²) in [6, 6.07) is 11.5. The number of carbonyl (C=O) groups is 1. The van der Waals surface area contributed by atoms with Gasteiger partial charge < -0.3 is 9.15 Å². The first-order valence-corrected chi connectivity index (χ1v) is 9.74. The first-order valence-electron chi connectivity index (χ1n) is 8.92. The Hall–Kier alpha value is -2.47. The molecule has 2 aromatic heterocycles. The SMILES string of the molecule is CC(OC(=O)c1cc2c(s1)CCCCC2)c1nnc(-c2ccccc2)o1. The fraction of sp³-hybridized carbons (Fsp3) is 0.350. The number of carbonyl (C=O) groups excluding carboxylic acids is 1. The zero-order valence-corrected chi connectivity index (χ0v) is 15.4. The van der Waals surface area contributed by atoms with Crippen molar-refractivity contribution in [1.82, 2.24) is 10.2 Å². The van der Waals surface area contributed by atoms with Gasteiger partial charge in [-0.15, -0.1) is 21.5 Å². The van der Waals surface area contributed by atoms with Crippen LogP contribution in [0.2, 0.25) is 0 Å². The molecule has 0 radical (unpaired) electrons. The van der Waals surface area contributed by atoms with Crippen LogP contribution in [0.4, 0.5) is 0 Å². The molecule has 3 aromatic rings. The molecule has 1 unspecified atom stereocenters. The Balaban J connectivity index is 1.45. The number of benzene rings is 1. The summed E-state index contributed by atoms with van der Waals surface area (Å²) in [5, 5.41) is 8.07. The van der Waals surface area contributed by atoms with Gasteiger partial charge in [-0.25, -0.2) is 4.79 Å². The lowest BCUT2D eigenvalue weighted by Gasteiger charge is -2.08. The summed E-state index contributed by atoms with van der Waals surface area (Å²) < 4.78 is 11.2. The number of rotatable bonds is 4. The van der Waals surface area contributed by atoms with Crippen LogP contribution >= 0.6 is 11.3 Å². The maximum atomic E-state index is 12.5. The second kappa shape index (κ2) is 7.41. The van der Waals surface area contributed by atoms with Gasteiger partial charge in [0, 0.05) is 10.4 Å². The molecule has 26 heavy (non-hydrogen) atoms. The molecule has 0 spiro atoms. The van der Waals surface area contributed by atoms with Crippen LogP contribution < -0.4 is 0 Å². The lowest BCUT2D eigenvalue weighted by Crippen LogP contribution is -2.08. The Labute approximate surface area is 156 Å². The monoisotopic (exact) mass is 368 g/mol. The van der Waals surface area contributed by atoms with Crippen LogP contribution in [0, 0.1) is 0 Å². The van der Waals surface area contributed by atoms with Gasteiger partial charge >= 0.3 is 5.97 Å². The van der Waals surface area contributed by atoms with E-state index in [2.05, 4.69) is 10.2 Å². The van der Waals surface area contributed by atoms with Gasteiger partial charge in [0.25, 0.3) is 5.89 Å². The number of aryl methyl sites for hydroxylation is 2. The quantitative estimate of drug-likeness (QED) is 0.480. The fourth-order valence-electron chi connectivity index (χ4n) is 3.13. The Kier molecular flexibility index (Phi) is 4.84. The van der Waals surface area contributed by atoms with Gasteiger partial charge in [-0.2, -0.15) is 0 Å². The number of hydrogen-bond acceptors (Lipinski definition) is 6. The van der Waals surface area contributed by atoms with Crippen molar-refractivity contribution < 1.29 is 13.9 Å². The van der Waals surface area contributed by atoms with Crippen LogP contribution in [0.25, 0.3) is 11.5 Å². The molecular formula is C20H20N2O3S. The largest absolute Gasteiger partial charge is 0.448 e. The van der Waals surface area contributed by atoms with Gasteiger partial charge in [-0.05, 0) is 56.4 Å². The Morgan fingerprint density at radius 2 is 1.96 bits per heavy atom. The van der Waals surface area contributed by atoms with Crippen LogP contribution in [0.3, 0.4) is 0 Å². The van der Waals surface area contributed by atoms with Crippen LogP contribution in [-0.4, -0.2) is 16.2 Å². The molecule has 0 bridgehead atoms. The summed E-state index contributed by atoms with van der Waals surface area (Å²) in [7, 11) is 0. The molecule has 1 aliphatic rings. The highest BCUT2D eigenvalue weighted by Gasteiger charge is 2.22. The summed E-state index contributed by atoms with van der Waals surface area (Å²) >= 11 is 1.55. The molecule has 6 heteroatoms. The standard InChI is InChI=1S/C20H20N2O3S/c1-13(18-21-22-19(25-18)14-8-4-2-5-9-14)24-20(23)17-12-15-10-6-3-7-11-16(15)26-17/h2,4-5,8-9,12-13H,3,6-7,10-11H2,1H3. The maximum absolute atomic E-state index is 12.5. The minimum atomic E-state index is -0.589. The Morgan fingerprint density at radius 1 is 1.15 bits per heavy atom. The van der Waals surface area contributed by atoms with E-state index in [-0.39, 0.29) is 5.97 Å². The Bertz CT molecular complexity index is 877. The van der Waals surface area contributed by atoms with Gasteiger partial charge in [-0.1, -0.05) is 24.6 Å². The second-order valence-electron chi connectivity index (χ2n) is 6.48. The smallest absolute Gasteiger partial charge is 0.349 e. The summed E-state index contributed by atoms with van der Waals surface area (Å²) in [5.74, 6) is 0.400. The third-order valence-electron chi connectivity index (χ3n) is 4.54. The van der Waals surface area contributed by atoms with Crippen molar-refractivity contribution in [3.8, 4) is 11.5 Å². The Morgan fingerprint density at radius 3 is 2.81 bits per heavy atom. The van der Waals surface area contributed by atoms with Crippen molar-refractivity contribution in [3.05, 3.63) is 57.6 Å². The molecule has 0 N–H and O–H groups in total. The molecule has 1 aromatic carbocycles. The molecule has 0 fully saturated rings. The van der Waals surface area contributed by atoms with Gasteiger partial charge in [0.1, 0.15) is 4.88 Å². The average Bonchev–Trinajstić information content (AvgIpc) is 3.25. The normalized spacial score (nSPS) is 15.1. The van der Waals surface area contributed by atoms with Gasteiger partial charge in [0.2, 0.25) is 5.89 Å². The minimum Gasteiger partial charge on any atom is -0.448 e. The average molecular weight is 368 g/mol. The van der Waals surface area contributed by atoms with E-state index in [1.807, 2.05) is 36.4 Å². The van der Waals surface area contributed by atoms with Crippen molar-refractivity contribution in [1.29, 1.82) is 0 Å². The molecule has 2 heterocycles. The maximum Gasteiger partial charge on any atom is 0.349 e. The molecule has 1 atom stereocenters. The van der Waals surface area contributed by atoms with E-state index in [0.717, 1.165) is 18.4 Å². The molecule has 5 nitrogen and oxygen atoms in total. The van der Waals surface area contributed by atoms with Gasteiger partial charge in [0.15, 0.2) is 6.10 Å². The molecule has 0 aliphatic heterocycles. The third kappa shape index (κ3) is 3.55. The first-order chi connectivity index (χ1) is 12.7. The summed E-state index contributed by atoms with van der Waals surface area (Å²) in [6.07, 6.45) is 5.18. The summed E-state index contributed by atoms with van der Waals surface area (Å²) in [5.41, 5.74) is 2.14. The number of aromatic nitrogens is 2. The van der Waals surface area contributed by atoms with Crippen LogP contribution in [0.5, 0.6) is 0 Å². The number of ether oxygens (including phenoxy) is 1. The zero-order chi connectivity index (χ0) is 17.9. The van der Waals surface area contributed by atoms with Gasteiger partial charge in [-0.3, -0.25) is 0 Å². The van der Waals surface area contributed by atoms with Gasteiger partial charge in [0.05, 0.1) is 0 Å². The molecule has 1 aliphatic carbocycles. The first kappa shape index (κ1) is 17.0. The van der Waals surface area contributed by atoms with E-state index in [1.54, 1.807) is 18.3 Å². The molecule has 0 saturated carbocycles. The van der Waals surface area contributed by atoms with Crippen molar-refractivity contribution in [3.63, 3.8) is 0 Å². The number of fused-ring (bicyclic) bond motifs is 1. The molecule has 0 amide bonds. The van der Waals surface area contributed by atoms with Crippen LogP contribution in [0.15, 0.2) is 40.8 Å². The van der Waals surface area contributed by atoms with Crippen LogP contribution in [0.1, 0.15) is 58.3 Å². The van der Waals surface area contributed by atoms with E-state index in [1.165, 1.54) is 29.7 Å². The van der Waals surface area contributed by atoms with E-state index in [4.69, 9.17) is 9.15 Å². The number of nitrogens with zero attached hydrogens (tertiary/aromatic N) is 2. The lowest BCUT2D eigenvalue weighted by atomic mass is 10.1. The number of hydrogen-bond donors (Lipinski definition) is 0.